The van der Waals surface area contributed by atoms with E-state index in [2.05, 4.69) is 13.0 Å². The summed E-state index contributed by atoms with van der Waals surface area (Å²) < 4.78 is 5.92. The molecule has 0 saturated carbocycles. The molecule has 0 aliphatic carbocycles. The smallest absolute Gasteiger partial charge is 0.317 e. The third-order valence-electron chi connectivity index (χ3n) is 2.19. The van der Waals surface area contributed by atoms with Crippen LogP contribution in [-0.4, -0.2) is 27.6 Å². The van der Waals surface area contributed by atoms with Crippen LogP contribution in [0.4, 0.5) is 0 Å². The Morgan fingerprint density at radius 2 is 2.38 bits per heavy atom. The van der Waals surface area contributed by atoms with Crippen molar-refractivity contribution in [1.82, 2.24) is 4.90 Å². The minimum absolute atomic E-state index is 0.356. The predicted octanol–water partition coefficient (Wildman–Crippen LogP) is 1.26. The molecule has 16 heavy (non-hydrogen) atoms. The highest BCUT2D eigenvalue weighted by atomic mass is 32.2. The maximum atomic E-state index is 9.10. The van der Waals surface area contributed by atoms with Crippen LogP contribution in [0, 0.1) is 11.3 Å². The Balaban J connectivity index is 2.97. The van der Waals surface area contributed by atoms with Crippen molar-refractivity contribution < 1.29 is 4.74 Å². The summed E-state index contributed by atoms with van der Waals surface area (Å²) in [6.45, 7) is 5.33. The Labute approximate surface area is 105 Å². The lowest BCUT2D eigenvalue weighted by molar-refractivity contribution is 0.258. The molecule has 1 fully saturated rings. The normalized spacial score (nSPS) is 27.2. The van der Waals surface area contributed by atoms with Crippen LogP contribution in [0.5, 0.6) is 0 Å². The molecular weight excluding hydrogens is 242 g/mol. The molecule has 2 N–H and O–H groups in total. The van der Waals surface area contributed by atoms with Gasteiger partial charge >= 0.3 is 4.32 Å². The zero-order valence-corrected chi connectivity index (χ0v) is 11.1. The number of thiocarbonyl (C=S) groups is 1. The standard InChI is InChI=1S/C10H16N3OS2/c1-3-5-13-8(7-14-4-2)9(6-11)16(12)10(13)15/h7,9H,3-5,12H2,1-2H3/q+1. The number of nitrogens with zero attached hydrogens (tertiary/aromatic N) is 2. The summed E-state index contributed by atoms with van der Waals surface area (Å²) in [7, 11) is 0. The van der Waals surface area contributed by atoms with Crippen molar-refractivity contribution in [2.45, 2.75) is 25.5 Å². The van der Waals surface area contributed by atoms with E-state index >= 15 is 0 Å². The molecule has 0 amide bonds. The molecule has 1 saturated heterocycles. The highest BCUT2D eigenvalue weighted by Crippen LogP contribution is 2.28. The summed E-state index contributed by atoms with van der Waals surface area (Å²) in [5.41, 5.74) is 0.807. The molecule has 0 radical (unpaired) electrons. The Hall–Kier alpha value is -0.770. The van der Waals surface area contributed by atoms with Crippen molar-refractivity contribution in [2.75, 3.05) is 13.2 Å². The second-order valence-corrected chi connectivity index (χ2v) is 5.54. The first kappa shape index (κ1) is 13.3. The maximum absolute atomic E-state index is 9.10. The van der Waals surface area contributed by atoms with Crippen molar-refractivity contribution >= 4 is 27.6 Å². The molecule has 0 spiro atoms. The molecule has 6 heteroatoms. The minimum atomic E-state index is -0.672. The van der Waals surface area contributed by atoms with E-state index in [0.717, 1.165) is 18.7 Å². The summed E-state index contributed by atoms with van der Waals surface area (Å²) >= 11 is 4.59. The van der Waals surface area contributed by atoms with E-state index in [9.17, 15) is 0 Å². The zero-order valence-electron chi connectivity index (χ0n) is 9.47. The van der Waals surface area contributed by atoms with Gasteiger partial charge in [0, 0.05) is 6.54 Å². The van der Waals surface area contributed by atoms with Gasteiger partial charge in [-0.1, -0.05) is 6.92 Å². The van der Waals surface area contributed by atoms with Gasteiger partial charge in [0.1, 0.15) is 18.0 Å². The van der Waals surface area contributed by atoms with Gasteiger partial charge in [-0.3, -0.25) is 4.90 Å². The molecule has 0 aromatic heterocycles. The number of hydrogen-bond acceptors (Lipinski definition) is 4. The molecule has 1 aliphatic heterocycles. The maximum Gasteiger partial charge on any atom is 0.317 e. The molecule has 1 rings (SSSR count). The predicted molar refractivity (Wildman–Crippen MR) is 70.3 cm³/mol. The fourth-order valence-corrected chi connectivity index (χ4v) is 3.16. The number of hydrogen-bond donors (Lipinski definition) is 1. The fraction of sp³-hybridized carbons (Fsp3) is 0.600. The molecule has 4 nitrogen and oxygen atoms in total. The highest BCUT2D eigenvalue weighted by molar-refractivity contribution is 8.20. The number of ether oxygens (including phenoxy) is 1. The first-order valence-corrected chi connectivity index (χ1v) is 6.93. The van der Waals surface area contributed by atoms with Crippen LogP contribution >= 0.6 is 12.2 Å². The topological polar surface area (TPSA) is 62.3 Å². The van der Waals surface area contributed by atoms with Gasteiger partial charge in [-0.2, -0.15) is 5.26 Å². The SMILES string of the molecule is CCCN1C(=S)[S+](N)C(C#N)C1=COCC. The van der Waals surface area contributed by atoms with Crippen molar-refractivity contribution in [1.29, 1.82) is 5.26 Å². The largest absolute Gasteiger partial charge is 0.499 e. The van der Waals surface area contributed by atoms with E-state index in [1.54, 1.807) is 6.26 Å². The Morgan fingerprint density at radius 1 is 1.69 bits per heavy atom. The van der Waals surface area contributed by atoms with Crippen LogP contribution in [0.3, 0.4) is 0 Å². The van der Waals surface area contributed by atoms with Gasteiger partial charge < -0.3 is 4.74 Å². The molecule has 0 aromatic rings. The Kier molecular flexibility index (Phi) is 5.06. The van der Waals surface area contributed by atoms with Crippen LogP contribution in [-0.2, 0) is 15.8 Å². The molecule has 0 aromatic carbocycles. The molecule has 1 heterocycles. The second-order valence-electron chi connectivity index (χ2n) is 3.30. The first-order chi connectivity index (χ1) is 7.67. The Morgan fingerprint density at radius 3 is 2.88 bits per heavy atom. The molecule has 2 atom stereocenters. The third kappa shape index (κ3) is 2.48. The lowest BCUT2D eigenvalue weighted by atomic mass is 10.3. The third-order valence-corrected chi connectivity index (χ3v) is 4.47. The van der Waals surface area contributed by atoms with E-state index in [1.165, 1.54) is 0 Å². The van der Waals surface area contributed by atoms with Crippen molar-refractivity contribution in [3.8, 4) is 6.07 Å². The van der Waals surface area contributed by atoms with Crippen LogP contribution in [0.25, 0.3) is 0 Å². The van der Waals surface area contributed by atoms with Gasteiger partial charge in [0.25, 0.3) is 5.25 Å². The minimum Gasteiger partial charge on any atom is -0.499 e. The van der Waals surface area contributed by atoms with Crippen molar-refractivity contribution in [3.63, 3.8) is 0 Å². The molecule has 0 bridgehead atoms. The van der Waals surface area contributed by atoms with Gasteiger partial charge in [-0.25, -0.2) is 0 Å². The van der Waals surface area contributed by atoms with Gasteiger partial charge in [0.05, 0.1) is 6.61 Å². The Bertz CT molecular complexity index is 337. The van der Waals surface area contributed by atoms with Crippen LogP contribution < -0.4 is 5.14 Å². The second kappa shape index (κ2) is 6.09. The average molecular weight is 258 g/mol. The van der Waals surface area contributed by atoms with Crippen LogP contribution in [0.15, 0.2) is 12.0 Å². The van der Waals surface area contributed by atoms with Gasteiger partial charge in [0.2, 0.25) is 0 Å². The van der Waals surface area contributed by atoms with Crippen LogP contribution in [0.2, 0.25) is 0 Å². The van der Waals surface area contributed by atoms with E-state index in [4.69, 9.17) is 27.4 Å². The highest BCUT2D eigenvalue weighted by Gasteiger charge is 2.50. The molecule has 1 aliphatic rings. The molecule has 88 valence electrons. The van der Waals surface area contributed by atoms with Gasteiger partial charge in [-0.15, -0.1) is 5.14 Å². The van der Waals surface area contributed by atoms with E-state index < -0.39 is 11.1 Å². The summed E-state index contributed by atoms with van der Waals surface area (Å²) in [5.74, 6) is 0. The van der Waals surface area contributed by atoms with Gasteiger partial charge in [0.15, 0.2) is 11.1 Å². The number of nitrogens with two attached hydrogens (primary N) is 1. The zero-order chi connectivity index (χ0) is 12.1. The summed E-state index contributed by atoms with van der Waals surface area (Å²) in [6.07, 6.45) is 2.58. The van der Waals surface area contributed by atoms with E-state index in [-0.39, 0.29) is 5.25 Å². The number of nitriles is 1. The van der Waals surface area contributed by atoms with E-state index in [0.29, 0.717) is 10.9 Å². The molecular formula is C10H16N3OS2+. The van der Waals surface area contributed by atoms with E-state index in [1.807, 2.05) is 11.8 Å². The first-order valence-electron chi connectivity index (χ1n) is 5.17. The number of rotatable bonds is 4. The van der Waals surface area contributed by atoms with Gasteiger partial charge in [-0.05, 0) is 25.6 Å². The van der Waals surface area contributed by atoms with Crippen molar-refractivity contribution in [2.24, 2.45) is 5.14 Å². The fourth-order valence-electron chi connectivity index (χ4n) is 1.47. The summed E-state index contributed by atoms with van der Waals surface area (Å²) in [6, 6.07) is 2.20. The monoisotopic (exact) mass is 258 g/mol. The summed E-state index contributed by atoms with van der Waals surface area (Å²) in [5, 5.41) is 14.7. The lowest BCUT2D eigenvalue weighted by Gasteiger charge is -2.13. The quantitative estimate of drug-likeness (QED) is 0.467. The average Bonchev–Trinajstić information content (AvgIpc) is 2.51. The van der Waals surface area contributed by atoms with Crippen molar-refractivity contribution in [3.05, 3.63) is 12.0 Å². The lowest BCUT2D eigenvalue weighted by Crippen LogP contribution is -2.30. The molecule has 2 unspecified atom stereocenters. The van der Waals surface area contributed by atoms with Crippen LogP contribution in [0.1, 0.15) is 20.3 Å². The summed E-state index contributed by atoms with van der Waals surface area (Å²) in [4.78, 5) is 1.93.